The molecule has 124 valence electrons. The molecule has 1 aromatic heterocycles. The number of aryl methyl sites for hydroxylation is 1. The SMILES string of the molecule is Fc1ccc(-c2nc3n(c2-c2ccc4c(c2)C=NC4)CCC3)cc1F. The second kappa shape index (κ2) is 5.34. The maximum atomic E-state index is 13.8. The number of halogens is 2. The number of hydrogen-bond acceptors (Lipinski definition) is 2. The van der Waals surface area contributed by atoms with Gasteiger partial charge in [0.2, 0.25) is 0 Å². The minimum absolute atomic E-state index is 0.602. The number of hydrogen-bond donors (Lipinski definition) is 0. The molecule has 3 heterocycles. The minimum Gasteiger partial charge on any atom is -0.327 e. The van der Waals surface area contributed by atoms with Crippen molar-refractivity contribution in [2.45, 2.75) is 25.9 Å². The van der Waals surface area contributed by atoms with E-state index in [1.165, 1.54) is 11.6 Å². The van der Waals surface area contributed by atoms with E-state index in [1.54, 1.807) is 6.07 Å². The molecule has 5 rings (SSSR count). The molecule has 25 heavy (non-hydrogen) atoms. The first-order valence-corrected chi connectivity index (χ1v) is 8.38. The Balaban J connectivity index is 1.73. The number of benzene rings is 2. The van der Waals surface area contributed by atoms with E-state index < -0.39 is 11.6 Å². The molecule has 0 fully saturated rings. The Hall–Kier alpha value is -2.82. The molecule has 0 N–H and O–H groups in total. The molecular weight excluding hydrogens is 320 g/mol. The van der Waals surface area contributed by atoms with E-state index in [1.807, 2.05) is 6.21 Å². The van der Waals surface area contributed by atoms with Gasteiger partial charge < -0.3 is 4.57 Å². The van der Waals surface area contributed by atoms with Gasteiger partial charge in [-0.05, 0) is 41.8 Å². The van der Waals surface area contributed by atoms with Crippen LogP contribution in [0, 0.1) is 11.6 Å². The average molecular weight is 335 g/mol. The quantitative estimate of drug-likeness (QED) is 0.684. The van der Waals surface area contributed by atoms with Gasteiger partial charge in [-0.1, -0.05) is 12.1 Å². The molecule has 0 saturated heterocycles. The molecule has 2 aromatic carbocycles. The van der Waals surface area contributed by atoms with Gasteiger partial charge in [-0.25, -0.2) is 13.8 Å². The lowest BCUT2D eigenvalue weighted by Crippen LogP contribution is -1.98. The molecule has 0 atom stereocenters. The van der Waals surface area contributed by atoms with Crippen molar-refractivity contribution in [1.29, 1.82) is 0 Å². The van der Waals surface area contributed by atoms with E-state index in [-0.39, 0.29) is 0 Å². The van der Waals surface area contributed by atoms with Crippen LogP contribution in [0.15, 0.2) is 41.4 Å². The first-order chi connectivity index (χ1) is 12.2. The zero-order chi connectivity index (χ0) is 17.0. The number of fused-ring (bicyclic) bond motifs is 2. The maximum absolute atomic E-state index is 13.8. The maximum Gasteiger partial charge on any atom is 0.159 e. The van der Waals surface area contributed by atoms with Crippen LogP contribution in [-0.2, 0) is 19.5 Å². The molecule has 0 amide bonds. The second-order valence-electron chi connectivity index (χ2n) is 6.49. The number of imidazole rings is 1. The van der Waals surface area contributed by atoms with Gasteiger partial charge in [-0.15, -0.1) is 0 Å². The summed E-state index contributed by atoms with van der Waals surface area (Å²) in [6.45, 7) is 1.61. The Labute approximate surface area is 143 Å². The van der Waals surface area contributed by atoms with Gasteiger partial charge in [0.1, 0.15) is 5.82 Å². The fraction of sp³-hybridized carbons (Fsp3) is 0.200. The third-order valence-electron chi connectivity index (χ3n) is 4.93. The van der Waals surface area contributed by atoms with Crippen LogP contribution in [-0.4, -0.2) is 15.8 Å². The van der Waals surface area contributed by atoms with Crippen molar-refractivity contribution in [3.8, 4) is 22.5 Å². The van der Waals surface area contributed by atoms with Crippen LogP contribution in [0.4, 0.5) is 8.78 Å². The van der Waals surface area contributed by atoms with E-state index in [0.29, 0.717) is 11.3 Å². The van der Waals surface area contributed by atoms with E-state index in [9.17, 15) is 8.78 Å². The molecule has 2 aliphatic rings. The molecule has 5 heteroatoms. The summed E-state index contributed by atoms with van der Waals surface area (Å²) < 4.78 is 29.3. The first-order valence-electron chi connectivity index (χ1n) is 8.38. The van der Waals surface area contributed by atoms with Gasteiger partial charge in [0.15, 0.2) is 11.6 Å². The largest absolute Gasteiger partial charge is 0.327 e. The summed E-state index contributed by atoms with van der Waals surface area (Å²) in [4.78, 5) is 9.05. The van der Waals surface area contributed by atoms with Crippen LogP contribution >= 0.6 is 0 Å². The van der Waals surface area contributed by atoms with Gasteiger partial charge in [0.05, 0.1) is 17.9 Å². The zero-order valence-electron chi connectivity index (χ0n) is 13.5. The summed E-state index contributed by atoms with van der Waals surface area (Å²) in [6, 6.07) is 10.2. The van der Waals surface area contributed by atoms with Crippen molar-refractivity contribution in [3.63, 3.8) is 0 Å². The zero-order valence-corrected chi connectivity index (χ0v) is 13.5. The first kappa shape index (κ1) is 14.5. The van der Waals surface area contributed by atoms with Crippen molar-refractivity contribution in [2.75, 3.05) is 0 Å². The summed E-state index contributed by atoms with van der Waals surface area (Å²) in [6.07, 6.45) is 3.85. The van der Waals surface area contributed by atoms with Crippen molar-refractivity contribution < 1.29 is 8.78 Å². The highest BCUT2D eigenvalue weighted by Gasteiger charge is 2.24. The lowest BCUT2D eigenvalue weighted by atomic mass is 10.0. The highest BCUT2D eigenvalue weighted by Crippen LogP contribution is 2.37. The molecule has 0 bridgehead atoms. The fourth-order valence-electron chi connectivity index (χ4n) is 3.71. The van der Waals surface area contributed by atoms with E-state index in [0.717, 1.165) is 54.6 Å². The number of aliphatic imine (C=N–C) groups is 1. The monoisotopic (exact) mass is 335 g/mol. The van der Waals surface area contributed by atoms with Crippen molar-refractivity contribution in [2.24, 2.45) is 4.99 Å². The van der Waals surface area contributed by atoms with Gasteiger partial charge >= 0.3 is 0 Å². The normalized spacial score (nSPS) is 14.8. The van der Waals surface area contributed by atoms with Crippen molar-refractivity contribution in [1.82, 2.24) is 9.55 Å². The van der Waals surface area contributed by atoms with Crippen molar-refractivity contribution in [3.05, 3.63) is 65.0 Å². The Bertz CT molecular complexity index is 1030. The molecule has 0 unspecified atom stereocenters. The Morgan fingerprint density at radius 2 is 1.84 bits per heavy atom. The van der Waals surface area contributed by atoms with Gasteiger partial charge in [-0.3, -0.25) is 4.99 Å². The summed E-state index contributed by atoms with van der Waals surface area (Å²) in [5, 5.41) is 0. The Kier molecular flexibility index (Phi) is 3.10. The Morgan fingerprint density at radius 3 is 2.72 bits per heavy atom. The summed E-state index contributed by atoms with van der Waals surface area (Å²) in [5.74, 6) is -0.688. The average Bonchev–Trinajstić information content (AvgIpc) is 3.31. The van der Waals surface area contributed by atoms with Gasteiger partial charge in [0, 0.05) is 30.3 Å². The topological polar surface area (TPSA) is 30.2 Å². The third kappa shape index (κ3) is 2.22. The molecule has 2 aliphatic heterocycles. The smallest absolute Gasteiger partial charge is 0.159 e. The lowest BCUT2D eigenvalue weighted by molar-refractivity contribution is 0.509. The molecule has 3 nitrogen and oxygen atoms in total. The number of aromatic nitrogens is 2. The second-order valence-corrected chi connectivity index (χ2v) is 6.49. The molecule has 3 aromatic rings. The van der Waals surface area contributed by atoms with Crippen LogP contribution in [0.3, 0.4) is 0 Å². The predicted molar refractivity (Wildman–Crippen MR) is 92.6 cm³/mol. The van der Waals surface area contributed by atoms with Crippen LogP contribution in [0.1, 0.15) is 23.4 Å². The minimum atomic E-state index is -0.849. The predicted octanol–water partition coefficient (Wildman–Crippen LogP) is 4.37. The molecular formula is C20H15F2N3. The Morgan fingerprint density at radius 1 is 0.960 bits per heavy atom. The summed E-state index contributed by atoms with van der Waals surface area (Å²) >= 11 is 0. The molecule has 0 radical (unpaired) electrons. The van der Waals surface area contributed by atoms with Crippen molar-refractivity contribution >= 4 is 6.21 Å². The molecule has 0 saturated carbocycles. The third-order valence-corrected chi connectivity index (χ3v) is 4.93. The van der Waals surface area contributed by atoms with Crippen LogP contribution in [0.25, 0.3) is 22.5 Å². The van der Waals surface area contributed by atoms with E-state index in [2.05, 4.69) is 27.8 Å². The highest BCUT2D eigenvalue weighted by atomic mass is 19.2. The number of nitrogens with zero attached hydrogens (tertiary/aromatic N) is 3. The highest BCUT2D eigenvalue weighted by molar-refractivity contribution is 5.88. The molecule has 0 aliphatic carbocycles. The van der Waals surface area contributed by atoms with E-state index in [4.69, 9.17) is 4.98 Å². The van der Waals surface area contributed by atoms with Crippen LogP contribution < -0.4 is 0 Å². The molecule has 0 spiro atoms. The van der Waals surface area contributed by atoms with E-state index >= 15 is 0 Å². The van der Waals surface area contributed by atoms with Gasteiger partial charge in [-0.2, -0.15) is 0 Å². The standard InChI is InChI=1S/C20H15F2N3/c21-16-6-5-12(9-17(16)22)19-20(25-7-1-2-18(25)24-19)13-3-4-14-10-23-11-15(14)8-13/h3-6,8-9,11H,1-2,7,10H2. The van der Waals surface area contributed by atoms with Crippen LogP contribution in [0.5, 0.6) is 0 Å². The van der Waals surface area contributed by atoms with Crippen LogP contribution in [0.2, 0.25) is 0 Å². The fourth-order valence-corrected chi connectivity index (χ4v) is 3.71. The lowest BCUT2D eigenvalue weighted by Gasteiger charge is -2.10. The summed E-state index contributed by atoms with van der Waals surface area (Å²) in [5.41, 5.74) is 5.64. The number of rotatable bonds is 2. The summed E-state index contributed by atoms with van der Waals surface area (Å²) in [7, 11) is 0. The van der Waals surface area contributed by atoms with Gasteiger partial charge in [0.25, 0.3) is 0 Å².